The van der Waals surface area contributed by atoms with Crippen LogP contribution in [0.5, 0.6) is 0 Å². The molecule has 0 radical (unpaired) electrons. The molecule has 1 unspecified atom stereocenters. The highest BCUT2D eigenvalue weighted by Gasteiger charge is 2.36. The van der Waals surface area contributed by atoms with Gasteiger partial charge in [0.2, 0.25) is 0 Å². The molecule has 1 heterocycles. The number of hydrogen-bond acceptors (Lipinski definition) is 3. The molecule has 1 aromatic rings. The predicted octanol–water partition coefficient (Wildman–Crippen LogP) is 2.12. The lowest BCUT2D eigenvalue weighted by Gasteiger charge is -1.98. The van der Waals surface area contributed by atoms with E-state index in [1.807, 2.05) is 0 Å². The molecule has 1 aromatic heterocycles. The first-order chi connectivity index (χ1) is 6.65. The molecule has 0 spiro atoms. The fraction of sp³-hybridized carbons (Fsp3) is 0.444. The molecule has 14 heavy (non-hydrogen) atoms. The maximum atomic E-state index is 11.4. The minimum absolute atomic E-state index is 0.200. The van der Waals surface area contributed by atoms with Gasteiger partial charge in [-0.05, 0) is 19.1 Å². The van der Waals surface area contributed by atoms with Crippen LogP contribution in [-0.2, 0) is 15.8 Å². The highest BCUT2D eigenvalue weighted by atomic mass is 31.1. The van der Waals surface area contributed by atoms with E-state index in [2.05, 4.69) is 0 Å². The van der Waals surface area contributed by atoms with Gasteiger partial charge in [0, 0.05) is 0 Å². The van der Waals surface area contributed by atoms with Crippen LogP contribution in [0.15, 0.2) is 22.8 Å². The molecule has 0 saturated heterocycles. The molecule has 0 aliphatic rings. The van der Waals surface area contributed by atoms with Crippen LogP contribution in [0, 0.1) is 0 Å². The molecule has 0 aliphatic heterocycles. The van der Waals surface area contributed by atoms with E-state index in [9.17, 15) is 9.36 Å². The number of hydrogen-bond donors (Lipinski definition) is 1. The number of aliphatic carboxylic acids is 1. The Hall–Kier alpha value is -1.15. The zero-order chi connectivity index (χ0) is 10.6. The van der Waals surface area contributed by atoms with Crippen molar-refractivity contribution in [1.29, 1.82) is 0 Å². The van der Waals surface area contributed by atoms with E-state index >= 15 is 0 Å². The molecule has 2 atom stereocenters. The second kappa shape index (κ2) is 4.91. The third kappa shape index (κ3) is 2.67. The number of furan rings is 1. The van der Waals surface area contributed by atoms with Gasteiger partial charge in [0.15, 0.2) is 0 Å². The first kappa shape index (κ1) is 10.9. The molecule has 1 rings (SSSR count). The standard InChI is InChI=1S/C9H11O4P/c1-2-14(12)8(9(10)11)6-7-4-3-5-13-7/h3-5,8H,2,6H2,1H3/p+1/t8-/m0/s1. The van der Waals surface area contributed by atoms with E-state index in [0.29, 0.717) is 11.9 Å². The van der Waals surface area contributed by atoms with E-state index in [4.69, 9.17) is 9.52 Å². The van der Waals surface area contributed by atoms with Gasteiger partial charge < -0.3 is 9.52 Å². The lowest BCUT2D eigenvalue weighted by Crippen LogP contribution is -2.19. The van der Waals surface area contributed by atoms with Crippen LogP contribution in [0.4, 0.5) is 0 Å². The minimum atomic E-state index is -1.70. The van der Waals surface area contributed by atoms with Crippen molar-refractivity contribution in [2.45, 2.75) is 19.0 Å². The molecule has 76 valence electrons. The first-order valence-electron chi connectivity index (χ1n) is 4.34. The zero-order valence-corrected chi connectivity index (χ0v) is 8.74. The Kier molecular flexibility index (Phi) is 3.84. The van der Waals surface area contributed by atoms with Gasteiger partial charge in [-0.25, -0.2) is 4.79 Å². The van der Waals surface area contributed by atoms with E-state index in [1.54, 1.807) is 19.1 Å². The molecular weight excluding hydrogens is 203 g/mol. The average molecular weight is 215 g/mol. The van der Waals surface area contributed by atoms with Gasteiger partial charge in [-0.3, -0.25) is 0 Å². The van der Waals surface area contributed by atoms with Crippen molar-refractivity contribution in [3.63, 3.8) is 0 Å². The Bertz CT molecular complexity index is 318. The Morgan fingerprint density at radius 1 is 1.71 bits per heavy atom. The largest absolute Gasteiger partial charge is 0.478 e. The van der Waals surface area contributed by atoms with Gasteiger partial charge in [0.05, 0.1) is 12.7 Å². The zero-order valence-electron chi connectivity index (χ0n) is 7.84. The molecule has 0 amide bonds. The van der Waals surface area contributed by atoms with E-state index in [-0.39, 0.29) is 6.42 Å². The SMILES string of the molecule is CC[P+](=O)[C@@H](Cc1ccco1)C(=O)O. The van der Waals surface area contributed by atoms with Crippen LogP contribution in [0.25, 0.3) is 0 Å². The number of rotatable bonds is 5. The van der Waals surface area contributed by atoms with Crippen molar-refractivity contribution in [1.82, 2.24) is 0 Å². The summed E-state index contributed by atoms with van der Waals surface area (Å²) in [5, 5.41) is 8.85. The number of carbonyl (C=O) groups is 1. The first-order valence-corrected chi connectivity index (χ1v) is 5.85. The Balaban J connectivity index is 2.70. The van der Waals surface area contributed by atoms with Gasteiger partial charge in [0.25, 0.3) is 5.66 Å². The van der Waals surface area contributed by atoms with Crippen LogP contribution in [-0.4, -0.2) is 22.9 Å². The topological polar surface area (TPSA) is 67.5 Å². The van der Waals surface area contributed by atoms with Gasteiger partial charge in [-0.15, -0.1) is 0 Å². The van der Waals surface area contributed by atoms with Crippen molar-refractivity contribution < 1.29 is 18.9 Å². The van der Waals surface area contributed by atoms with Crippen molar-refractivity contribution in [3.8, 4) is 0 Å². The normalized spacial score (nSPS) is 13.6. The van der Waals surface area contributed by atoms with E-state index in [0.717, 1.165) is 0 Å². The smallest absolute Gasteiger partial charge is 0.356 e. The molecule has 1 N–H and O–H groups in total. The minimum Gasteiger partial charge on any atom is -0.478 e. The lowest BCUT2D eigenvalue weighted by atomic mass is 10.2. The van der Waals surface area contributed by atoms with E-state index < -0.39 is 19.4 Å². The Morgan fingerprint density at radius 3 is 2.86 bits per heavy atom. The van der Waals surface area contributed by atoms with Gasteiger partial charge in [-0.1, -0.05) is 4.57 Å². The summed E-state index contributed by atoms with van der Waals surface area (Å²) in [4.78, 5) is 10.8. The number of carboxylic acids is 1. The summed E-state index contributed by atoms with van der Waals surface area (Å²) in [7, 11) is -1.70. The predicted molar refractivity (Wildman–Crippen MR) is 52.0 cm³/mol. The third-order valence-corrected chi connectivity index (χ3v) is 3.64. The molecular formula is C9H12O4P+. The van der Waals surface area contributed by atoms with Gasteiger partial charge in [-0.2, -0.15) is 0 Å². The van der Waals surface area contributed by atoms with E-state index in [1.165, 1.54) is 6.26 Å². The molecule has 0 bridgehead atoms. The summed E-state index contributed by atoms with van der Waals surface area (Å²) >= 11 is 0. The molecule has 4 nitrogen and oxygen atoms in total. The summed E-state index contributed by atoms with van der Waals surface area (Å²) in [6, 6.07) is 3.38. The van der Waals surface area contributed by atoms with Crippen molar-refractivity contribution in [2.24, 2.45) is 0 Å². The Labute approximate surface area is 82.7 Å². The summed E-state index contributed by atoms with van der Waals surface area (Å²) in [5.74, 6) is -0.460. The summed E-state index contributed by atoms with van der Waals surface area (Å²) in [6.45, 7) is 1.72. The summed E-state index contributed by atoms with van der Waals surface area (Å²) in [6.07, 6.45) is 2.06. The summed E-state index contributed by atoms with van der Waals surface area (Å²) in [5.41, 5.74) is -0.832. The highest BCUT2D eigenvalue weighted by molar-refractivity contribution is 7.46. The van der Waals surface area contributed by atoms with Gasteiger partial charge in [0.1, 0.15) is 11.9 Å². The maximum absolute atomic E-state index is 11.4. The molecule has 0 fully saturated rings. The second-order valence-electron chi connectivity index (χ2n) is 2.87. The second-order valence-corrected chi connectivity index (χ2v) is 4.96. The quantitative estimate of drug-likeness (QED) is 0.764. The van der Waals surface area contributed by atoms with Crippen LogP contribution >= 0.6 is 7.80 Å². The van der Waals surface area contributed by atoms with Crippen molar-refractivity contribution in [2.75, 3.05) is 6.16 Å². The van der Waals surface area contributed by atoms with Crippen molar-refractivity contribution in [3.05, 3.63) is 24.2 Å². The number of carboxylic acid groups (broad SMARTS) is 1. The molecule has 0 aliphatic carbocycles. The fourth-order valence-electron chi connectivity index (χ4n) is 1.15. The monoisotopic (exact) mass is 215 g/mol. The highest BCUT2D eigenvalue weighted by Crippen LogP contribution is 2.30. The van der Waals surface area contributed by atoms with Crippen LogP contribution in [0.1, 0.15) is 12.7 Å². The Morgan fingerprint density at radius 2 is 2.43 bits per heavy atom. The van der Waals surface area contributed by atoms with Crippen LogP contribution in [0.3, 0.4) is 0 Å². The lowest BCUT2D eigenvalue weighted by molar-refractivity contribution is -0.136. The van der Waals surface area contributed by atoms with Crippen LogP contribution < -0.4 is 0 Å². The summed E-state index contributed by atoms with van der Waals surface area (Å²) < 4.78 is 16.4. The molecule has 0 aromatic carbocycles. The van der Waals surface area contributed by atoms with Crippen molar-refractivity contribution >= 4 is 13.8 Å². The molecule has 0 saturated carbocycles. The van der Waals surface area contributed by atoms with Gasteiger partial charge >= 0.3 is 13.8 Å². The average Bonchev–Trinajstić information content (AvgIpc) is 2.65. The van der Waals surface area contributed by atoms with Crippen LogP contribution in [0.2, 0.25) is 0 Å². The maximum Gasteiger partial charge on any atom is 0.356 e. The molecule has 5 heteroatoms. The fourth-order valence-corrected chi connectivity index (χ4v) is 2.22. The third-order valence-electron chi connectivity index (χ3n) is 1.92.